The van der Waals surface area contributed by atoms with E-state index in [4.69, 9.17) is 10.5 Å². The van der Waals surface area contributed by atoms with Gasteiger partial charge in [-0.3, -0.25) is 4.98 Å². The molecule has 2 N–H and O–H groups in total. The van der Waals surface area contributed by atoms with Crippen molar-refractivity contribution < 1.29 is 4.74 Å². The number of rotatable bonds is 3. The van der Waals surface area contributed by atoms with E-state index in [-0.39, 0.29) is 0 Å². The minimum Gasteiger partial charge on any atom is -0.497 e. The molecule has 2 aromatic carbocycles. The first-order valence-corrected chi connectivity index (χ1v) is 6.90. The van der Waals surface area contributed by atoms with E-state index >= 15 is 0 Å². The third-order valence-corrected chi connectivity index (χ3v) is 3.87. The highest BCUT2D eigenvalue weighted by molar-refractivity contribution is 5.79. The molecule has 3 rings (SSSR count). The highest BCUT2D eigenvalue weighted by Crippen LogP contribution is 2.30. The van der Waals surface area contributed by atoms with Gasteiger partial charge < -0.3 is 10.5 Å². The number of nitrogens with zero attached hydrogens (tertiary/aromatic N) is 1. The summed E-state index contributed by atoms with van der Waals surface area (Å²) in [5.74, 6) is 0.812. The Kier molecular flexibility index (Phi) is 3.35. The second kappa shape index (κ2) is 5.19. The fourth-order valence-electron chi connectivity index (χ4n) is 2.51. The molecule has 0 radical (unpaired) electrons. The molecule has 0 aliphatic rings. The fraction of sp³-hybridized carbons (Fsp3) is 0.167. The normalized spacial score (nSPS) is 13.9. The topological polar surface area (TPSA) is 48.1 Å². The third-order valence-electron chi connectivity index (χ3n) is 3.87. The molecule has 1 heterocycles. The molecule has 0 aliphatic heterocycles. The number of fused-ring (bicyclic) bond motifs is 1. The van der Waals surface area contributed by atoms with Crippen molar-refractivity contribution in [1.82, 2.24) is 4.98 Å². The Balaban J connectivity index is 2.09. The van der Waals surface area contributed by atoms with Crippen molar-refractivity contribution in [2.45, 2.75) is 12.5 Å². The molecule has 106 valence electrons. The van der Waals surface area contributed by atoms with Gasteiger partial charge in [0.15, 0.2) is 0 Å². The van der Waals surface area contributed by atoms with Gasteiger partial charge in [-0.05, 0) is 48.4 Å². The second-order valence-electron chi connectivity index (χ2n) is 5.35. The van der Waals surface area contributed by atoms with Crippen LogP contribution in [0.5, 0.6) is 5.75 Å². The summed E-state index contributed by atoms with van der Waals surface area (Å²) in [7, 11) is 1.66. The first-order chi connectivity index (χ1) is 10.1. The predicted octanol–water partition coefficient (Wildman–Crippen LogP) is 3.47. The Labute approximate surface area is 124 Å². The Morgan fingerprint density at radius 1 is 1.00 bits per heavy atom. The molecule has 1 atom stereocenters. The van der Waals surface area contributed by atoms with Crippen LogP contribution >= 0.6 is 0 Å². The largest absolute Gasteiger partial charge is 0.497 e. The zero-order valence-electron chi connectivity index (χ0n) is 12.2. The molecule has 0 bridgehead atoms. The quantitative estimate of drug-likeness (QED) is 0.798. The smallest absolute Gasteiger partial charge is 0.119 e. The van der Waals surface area contributed by atoms with Gasteiger partial charge in [-0.1, -0.05) is 24.3 Å². The lowest BCUT2D eigenvalue weighted by atomic mass is 9.85. The molecular weight excluding hydrogens is 260 g/mol. The average Bonchev–Trinajstić information content (AvgIpc) is 2.54. The molecule has 3 nitrogen and oxygen atoms in total. The molecule has 1 aromatic heterocycles. The summed E-state index contributed by atoms with van der Waals surface area (Å²) in [4.78, 5) is 4.34. The van der Waals surface area contributed by atoms with Gasteiger partial charge in [-0.2, -0.15) is 0 Å². The molecule has 0 fully saturated rings. The van der Waals surface area contributed by atoms with Crippen molar-refractivity contribution in [1.29, 1.82) is 0 Å². The maximum Gasteiger partial charge on any atom is 0.119 e. The molecule has 1 unspecified atom stereocenters. The van der Waals surface area contributed by atoms with Crippen LogP contribution in [0.3, 0.4) is 0 Å². The van der Waals surface area contributed by atoms with Crippen LogP contribution < -0.4 is 10.5 Å². The molecule has 0 saturated heterocycles. The SMILES string of the molecule is COc1cccc(C(C)(N)c2ccc3ncccc3c2)c1. The van der Waals surface area contributed by atoms with Gasteiger partial charge in [0, 0.05) is 11.6 Å². The van der Waals surface area contributed by atoms with E-state index in [1.165, 1.54) is 0 Å². The highest BCUT2D eigenvalue weighted by atomic mass is 16.5. The summed E-state index contributed by atoms with van der Waals surface area (Å²) in [6, 6.07) is 18.0. The van der Waals surface area contributed by atoms with E-state index in [0.717, 1.165) is 27.8 Å². The van der Waals surface area contributed by atoms with Crippen LogP contribution in [0.25, 0.3) is 10.9 Å². The molecule has 0 amide bonds. The van der Waals surface area contributed by atoms with Gasteiger partial charge in [0.25, 0.3) is 0 Å². The van der Waals surface area contributed by atoms with Gasteiger partial charge >= 0.3 is 0 Å². The number of hydrogen-bond acceptors (Lipinski definition) is 3. The Morgan fingerprint density at radius 2 is 1.81 bits per heavy atom. The third kappa shape index (κ3) is 2.48. The second-order valence-corrected chi connectivity index (χ2v) is 5.35. The van der Waals surface area contributed by atoms with Crippen molar-refractivity contribution in [3.63, 3.8) is 0 Å². The van der Waals surface area contributed by atoms with Gasteiger partial charge in [0.1, 0.15) is 5.75 Å². The molecule has 3 aromatic rings. The van der Waals surface area contributed by atoms with Crippen molar-refractivity contribution in [3.8, 4) is 5.75 Å². The minimum atomic E-state index is -0.585. The van der Waals surface area contributed by atoms with Gasteiger partial charge in [0.2, 0.25) is 0 Å². The molecule has 0 saturated carbocycles. The van der Waals surface area contributed by atoms with Crippen LogP contribution in [0, 0.1) is 0 Å². The molecule has 3 heteroatoms. The van der Waals surface area contributed by atoms with Crippen LogP contribution in [-0.4, -0.2) is 12.1 Å². The maximum atomic E-state index is 6.60. The van der Waals surface area contributed by atoms with E-state index in [0.29, 0.717) is 0 Å². The van der Waals surface area contributed by atoms with E-state index in [9.17, 15) is 0 Å². The number of ether oxygens (including phenoxy) is 1. The first kappa shape index (κ1) is 13.6. The van der Waals surface area contributed by atoms with E-state index in [2.05, 4.69) is 11.1 Å². The van der Waals surface area contributed by atoms with Crippen molar-refractivity contribution >= 4 is 10.9 Å². The number of nitrogens with two attached hydrogens (primary N) is 1. The summed E-state index contributed by atoms with van der Waals surface area (Å²) in [6.07, 6.45) is 1.80. The Bertz CT molecular complexity index is 781. The fourth-order valence-corrected chi connectivity index (χ4v) is 2.51. The number of benzene rings is 2. The summed E-state index contributed by atoms with van der Waals surface area (Å²) >= 11 is 0. The summed E-state index contributed by atoms with van der Waals surface area (Å²) in [5, 5.41) is 1.09. The Hall–Kier alpha value is -2.39. The monoisotopic (exact) mass is 278 g/mol. The van der Waals surface area contributed by atoms with Crippen molar-refractivity contribution in [2.75, 3.05) is 7.11 Å². The van der Waals surface area contributed by atoms with Gasteiger partial charge in [0.05, 0.1) is 18.2 Å². The standard InChI is InChI=1S/C18H18N2O/c1-18(19,14-6-3-7-16(12-14)21-2)15-8-9-17-13(11-15)5-4-10-20-17/h3-12H,19H2,1-2H3. The number of methoxy groups -OCH3 is 1. The predicted molar refractivity (Wildman–Crippen MR) is 85.4 cm³/mol. The Morgan fingerprint density at radius 3 is 2.62 bits per heavy atom. The summed E-state index contributed by atoms with van der Waals surface area (Å²) < 4.78 is 5.29. The van der Waals surface area contributed by atoms with Gasteiger partial charge in [-0.15, -0.1) is 0 Å². The molecular formula is C18H18N2O. The van der Waals surface area contributed by atoms with E-state index in [1.54, 1.807) is 13.3 Å². The lowest BCUT2D eigenvalue weighted by Gasteiger charge is -2.26. The first-order valence-electron chi connectivity index (χ1n) is 6.90. The number of pyridine rings is 1. The minimum absolute atomic E-state index is 0.585. The van der Waals surface area contributed by atoms with Crippen LogP contribution in [0.2, 0.25) is 0 Å². The van der Waals surface area contributed by atoms with Gasteiger partial charge in [-0.25, -0.2) is 0 Å². The zero-order chi connectivity index (χ0) is 14.9. The van der Waals surface area contributed by atoms with E-state index < -0.39 is 5.54 Å². The van der Waals surface area contributed by atoms with Crippen molar-refractivity contribution in [3.05, 3.63) is 71.9 Å². The average molecular weight is 278 g/mol. The summed E-state index contributed by atoms with van der Waals surface area (Å²) in [5.41, 5.74) is 9.06. The van der Waals surface area contributed by atoms with E-state index in [1.807, 2.05) is 55.5 Å². The van der Waals surface area contributed by atoms with Crippen LogP contribution in [-0.2, 0) is 5.54 Å². The highest BCUT2D eigenvalue weighted by Gasteiger charge is 2.24. The summed E-state index contributed by atoms with van der Waals surface area (Å²) in [6.45, 7) is 2.01. The lowest BCUT2D eigenvalue weighted by molar-refractivity contribution is 0.413. The number of hydrogen-bond donors (Lipinski definition) is 1. The van der Waals surface area contributed by atoms with Crippen molar-refractivity contribution in [2.24, 2.45) is 5.73 Å². The number of aromatic nitrogens is 1. The molecule has 0 aliphatic carbocycles. The zero-order valence-corrected chi connectivity index (χ0v) is 12.2. The van der Waals surface area contributed by atoms with Crippen LogP contribution in [0.15, 0.2) is 60.8 Å². The van der Waals surface area contributed by atoms with Crippen LogP contribution in [0.4, 0.5) is 0 Å². The molecule has 21 heavy (non-hydrogen) atoms. The lowest BCUT2D eigenvalue weighted by Crippen LogP contribution is -2.34. The molecule has 0 spiro atoms. The maximum absolute atomic E-state index is 6.60. The van der Waals surface area contributed by atoms with Crippen LogP contribution in [0.1, 0.15) is 18.1 Å².